The number of amides is 1. The summed E-state index contributed by atoms with van der Waals surface area (Å²) in [6.45, 7) is 5.21. The number of benzene rings is 1. The molecule has 1 saturated carbocycles. The predicted molar refractivity (Wildman–Crippen MR) is 108 cm³/mol. The van der Waals surface area contributed by atoms with E-state index < -0.39 is 11.5 Å². The summed E-state index contributed by atoms with van der Waals surface area (Å²) in [5, 5.41) is 3.00. The molecule has 2 aromatic rings. The van der Waals surface area contributed by atoms with E-state index in [2.05, 4.69) is 32.1 Å². The number of nitrogens with one attached hydrogen (secondary N) is 2. The molecule has 1 amide bonds. The van der Waals surface area contributed by atoms with Crippen molar-refractivity contribution >= 4 is 11.9 Å². The Kier molecular flexibility index (Phi) is 5.12. The number of halogens is 1. The van der Waals surface area contributed by atoms with Gasteiger partial charge in [-0.05, 0) is 44.5 Å². The number of likely N-dealkylation sites (N-methyl/N-ethyl adjacent to an activating group) is 1. The fraction of sp³-hybridized carbons (Fsp3) is 0.476. The number of aromatic amines is 1. The molecule has 0 spiro atoms. The van der Waals surface area contributed by atoms with Crippen molar-refractivity contribution in [1.29, 1.82) is 0 Å². The molecule has 0 bridgehead atoms. The molecule has 8 heteroatoms. The van der Waals surface area contributed by atoms with Crippen LogP contribution >= 0.6 is 0 Å². The Morgan fingerprint density at radius 3 is 2.48 bits per heavy atom. The third-order valence-electron chi connectivity index (χ3n) is 5.92. The average molecular weight is 399 g/mol. The van der Waals surface area contributed by atoms with Crippen molar-refractivity contribution in [1.82, 2.24) is 20.2 Å². The SMILES string of the molecule is C[C@H](NC(=O)C1(c2ccc(F)cc2)CC1)c1cc(=O)[nH]c(N2CCN(C)CC2)n1. The second kappa shape index (κ2) is 7.59. The van der Waals surface area contributed by atoms with E-state index in [1.807, 2.05) is 6.92 Å². The highest BCUT2D eigenvalue weighted by Gasteiger charge is 2.51. The fourth-order valence-electron chi connectivity index (χ4n) is 3.80. The molecule has 1 aromatic heterocycles. The number of hydrogen-bond donors (Lipinski definition) is 2. The lowest BCUT2D eigenvalue weighted by molar-refractivity contribution is -0.124. The second-order valence-electron chi connectivity index (χ2n) is 8.07. The minimum atomic E-state index is -0.608. The third kappa shape index (κ3) is 4.03. The predicted octanol–water partition coefficient (Wildman–Crippen LogP) is 1.57. The highest BCUT2D eigenvalue weighted by atomic mass is 19.1. The molecule has 154 valence electrons. The van der Waals surface area contributed by atoms with Crippen molar-refractivity contribution in [3.8, 4) is 0 Å². The van der Waals surface area contributed by atoms with Crippen molar-refractivity contribution in [2.24, 2.45) is 0 Å². The minimum absolute atomic E-state index is 0.111. The summed E-state index contributed by atoms with van der Waals surface area (Å²) in [6.07, 6.45) is 1.46. The van der Waals surface area contributed by atoms with Crippen LogP contribution in [-0.4, -0.2) is 54.0 Å². The Balaban J connectivity index is 1.49. The molecule has 1 aliphatic heterocycles. The number of hydrogen-bond acceptors (Lipinski definition) is 5. The van der Waals surface area contributed by atoms with E-state index in [4.69, 9.17) is 0 Å². The van der Waals surface area contributed by atoms with Gasteiger partial charge in [0.05, 0.1) is 17.2 Å². The minimum Gasteiger partial charge on any atom is -0.347 e. The number of anilines is 1. The lowest BCUT2D eigenvalue weighted by atomic mass is 9.94. The van der Waals surface area contributed by atoms with Crippen LogP contribution in [0, 0.1) is 5.82 Å². The lowest BCUT2D eigenvalue weighted by Crippen LogP contribution is -2.45. The van der Waals surface area contributed by atoms with Crippen molar-refractivity contribution < 1.29 is 9.18 Å². The molecular weight excluding hydrogens is 373 g/mol. The maximum absolute atomic E-state index is 13.2. The normalized spacial score (nSPS) is 19.6. The number of nitrogens with zero attached hydrogens (tertiary/aromatic N) is 3. The molecule has 29 heavy (non-hydrogen) atoms. The molecule has 2 fully saturated rings. The van der Waals surface area contributed by atoms with Gasteiger partial charge in [-0.15, -0.1) is 0 Å². The van der Waals surface area contributed by atoms with Gasteiger partial charge in [0, 0.05) is 32.2 Å². The van der Waals surface area contributed by atoms with Crippen molar-refractivity contribution in [3.05, 3.63) is 57.8 Å². The van der Waals surface area contributed by atoms with Gasteiger partial charge >= 0.3 is 0 Å². The molecule has 4 rings (SSSR count). The Hall–Kier alpha value is -2.74. The van der Waals surface area contributed by atoms with E-state index >= 15 is 0 Å². The number of rotatable bonds is 5. The van der Waals surface area contributed by atoms with Gasteiger partial charge in [0.15, 0.2) is 0 Å². The van der Waals surface area contributed by atoms with Crippen LogP contribution in [0.15, 0.2) is 35.1 Å². The Labute approximate surface area is 168 Å². The third-order valence-corrected chi connectivity index (χ3v) is 5.92. The van der Waals surface area contributed by atoms with E-state index in [0.29, 0.717) is 11.6 Å². The number of piperazine rings is 1. The van der Waals surface area contributed by atoms with Crippen LogP contribution in [0.5, 0.6) is 0 Å². The highest BCUT2D eigenvalue weighted by molar-refractivity contribution is 5.91. The first-order chi connectivity index (χ1) is 13.9. The zero-order chi connectivity index (χ0) is 20.6. The lowest BCUT2D eigenvalue weighted by Gasteiger charge is -2.33. The van der Waals surface area contributed by atoms with Gasteiger partial charge in [0.2, 0.25) is 11.9 Å². The van der Waals surface area contributed by atoms with Crippen molar-refractivity contribution in [2.75, 3.05) is 38.1 Å². The van der Waals surface area contributed by atoms with Gasteiger partial charge in [-0.3, -0.25) is 14.6 Å². The van der Waals surface area contributed by atoms with Crippen LogP contribution in [0.4, 0.5) is 10.3 Å². The maximum Gasteiger partial charge on any atom is 0.252 e. The van der Waals surface area contributed by atoms with Gasteiger partial charge in [-0.2, -0.15) is 0 Å². The molecular formula is C21H26FN5O2. The van der Waals surface area contributed by atoms with Crippen molar-refractivity contribution in [2.45, 2.75) is 31.2 Å². The Morgan fingerprint density at radius 2 is 1.86 bits per heavy atom. The van der Waals surface area contributed by atoms with Crippen LogP contribution in [-0.2, 0) is 10.2 Å². The number of carbonyl (C=O) groups excluding carboxylic acids is 1. The monoisotopic (exact) mass is 399 g/mol. The largest absolute Gasteiger partial charge is 0.347 e. The molecule has 1 atom stereocenters. The van der Waals surface area contributed by atoms with Gasteiger partial charge in [-0.1, -0.05) is 12.1 Å². The Bertz CT molecular complexity index is 946. The van der Waals surface area contributed by atoms with Crippen molar-refractivity contribution in [3.63, 3.8) is 0 Å². The summed E-state index contributed by atoms with van der Waals surface area (Å²) in [5.74, 6) is 0.115. The molecule has 2 N–H and O–H groups in total. The smallest absolute Gasteiger partial charge is 0.252 e. The first-order valence-corrected chi connectivity index (χ1v) is 9.99. The fourth-order valence-corrected chi connectivity index (χ4v) is 3.80. The molecule has 2 heterocycles. The number of carbonyl (C=O) groups is 1. The van der Waals surface area contributed by atoms with E-state index in [1.54, 1.807) is 12.1 Å². The highest BCUT2D eigenvalue weighted by Crippen LogP contribution is 2.48. The first kappa shape index (κ1) is 19.6. The van der Waals surface area contributed by atoms with E-state index in [-0.39, 0.29) is 17.3 Å². The van der Waals surface area contributed by atoms with Gasteiger partial charge in [-0.25, -0.2) is 9.37 Å². The van der Waals surface area contributed by atoms with Crippen LogP contribution in [0.3, 0.4) is 0 Å². The molecule has 1 aromatic carbocycles. The second-order valence-corrected chi connectivity index (χ2v) is 8.07. The summed E-state index contributed by atoms with van der Waals surface area (Å²) in [5.41, 5.74) is 0.514. The zero-order valence-corrected chi connectivity index (χ0v) is 16.7. The Morgan fingerprint density at radius 1 is 1.21 bits per heavy atom. The maximum atomic E-state index is 13.2. The average Bonchev–Trinajstić information content (AvgIpc) is 3.50. The number of aromatic nitrogens is 2. The zero-order valence-electron chi connectivity index (χ0n) is 16.7. The van der Waals surface area contributed by atoms with Crippen LogP contribution in [0.1, 0.15) is 37.1 Å². The van der Waals surface area contributed by atoms with Gasteiger partial charge in [0.1, 0.15) is 5.82 Å². The standard InChI is InChI=1S/C21H26FN5O2/c1-14(23-19(29)21(7-8-21)15-3-5-16(22)6-4-15)17-13-18(28)25-20(24-17)27-11-9-26(2)10-12-27/h3-6,13-14H,7-12H2,1-2H3,(H,23,29)(H,24,25,28)/t14-/m0/s1. The molecule has 2 aliphatic rings. The summed E-state index contributed by atoms with van der Waals surface area (Å²) < 4.78 is 13.2. The van der Waals surface area contributed by atoms with E-state index in [0.717, 1.165) is 44.6 Å². The molecule has 1 saturated heterocycles. The molecule has 0 unspecified atom stereocenters. The quantitative estimate of drug-likeness (QED) is 0.798. The van der Waals surface area contributed by atoms with Crippen LogP contribution in [0.25, 0.3) is 0 Å². The van der Waals surface area contributed by atoms with Crippen LogP contribution < -0.4 is 15.8 Å². The summed E-state index contributed by atoms with van der Waals surface area (Å²) in [4.78, 5) is 36.9. The van der Waals surface area contributed by atoms with E-state index in [9.17, 15) is 14.0 Å². The molecule has 0 radical (unpaired) electrons. The summed E-state index contributed by atoms with van der Waals surface area (Å²) in [6, 6.07) is 7.13. The summed E-state index contributed by atoms with van der Waals surface area (Å²) in [7, 11) is 2.07. The molecule has 7 nitrogen and oxygen atoms in total. The summed E-state index contributed by atoms with van der Waals surface area (Å²) >= 11 is 0. The van der Waals surface area contributed by atoms with E-state index in [1.165, 1.54) is 18.2 Å². The van der Waals surface area contributed by atoms with Gasteiger partial charge < -0.3 is 15.1 Å². The number of H-pyrrole nitrogens is 1. The van der Waals surface area contributed by atoms with Crippen LogP contribution in [0.2, 0.25) is 0 Å². The first-order valence-electron chi connectivity index (χ1n) is 9.99. The van der Waals surface area contributed by atoms with Gasteiger partial charge in [0.25, 0.3) is 5.56 Å². The topological polar surface area (TPSA) is 81.3 Å². The molecule has 1 aliphatic carbocycles.